The van der Waals surface area contributed by atoms with Gasteiger partial charge in [-0.05, 0) is 73.8 Å². The number of pyridine rings is 1. The number of nitrogens with one attached hydrogen (secondary N) is 2. The highest BCUT2D eigenvalue weighted by atomic mass is 19.4. The summed E-state index contributed by atoms with van der Waals surface area (Å²) < 4.78 is 43.3. The van der Waals surface area contributed by atoms with Crippen LogP contribution < -0.4 is 15.4 Å². The van der Waals surface area contributed by atoms with Crippen LogP contribution in [0.2, 0.25) is 0 Å². The van der Waals surface area contributed by atoms with Gasteiger partial charge in [0.05, 0.1) is 24.0 Å². The van der Waals surface area contributed by atoms with Gasteiger partial charge in [-0.25, -0.2) is 0 Å². The Kier molecular flexibility index (Phi) is 9.35. The fraction of sp³-hybridized carbons (Fsp3) is 0.308. The van der Waals surface area contributed by atoms with Crippen molar-refractivity contribution in [1.82, 2.24) is 35.5 Å². The molecule has 4 aromatic rings. The fourth-order valence-corrected chi connectivity index (χ4v) is 3.81. The summed E-state index contributed by atoms with van der Waals surface area (Å²) >= 11 is 0. The molecule has 11 nitrogen and oxygen atoms in total. The van der Waals surface area contributed by atoms with E-state index in [1.54, 1.807) is 48.3 Å². The summed E-state index contributed by atoms with van der Waals surface area (Å²) in [6.45, 7) is 0.646. The fourth-order valence-electron chi connectivity index (χ4n) is 3.81. The maximum atomic E-state index is 12.5. The summed E-state index contributed by atoms with van der Waals surface area (Å²) in [4.78, 5) is 16.7. The van der Waals surface area contributed by atoms with Gasteiger partial charge in [-0.3, -0.25) is 19.8 Å². The van der Waals surface area contributed by atoms with E-state index >= 15 is 0 Å². The minimum Gasteiger partial charge on any atom is -0.406 e. The van der Waals surface area contributed by atoms with Crippen molar-refractivity contribution in [2.75, 3.05) is 12.4 Å². The molecule has 0 saturated heterocycles. The van der Waals surface area contributed by atoms with Crippen LogP contribution in [0.1, 0.15) is 36.2 Å². The summed E-state index contributed by atoms with van der Waals surface area (Å²) in [6.07, 6.45) is -0.187. The topological polar surface area (TPSA) is 140 Å². The number of alkyl halides is 3. The van der Waals surface area contributed by atoms with Crippen LogP contribution in [-0.4, -0.2) is 54.6 Å². The Labute approximate surface area is 227 Å². The number of carbonyl (C=O) groups is 1. The van der Waals surface area contributed by atoms with E-state index in [0.717, 1.165) is 18.5 Å². The Balaban J connectivity index is 1.25. The van der Waals surface area contributed by atoms with Gasteiger partial charge in [0.2, 0.25) is 5.91 Å². The number of anilines is 1. The molecule has 14 heteroatoms. The number of aromatic nitrogens is 6. The molecule has 1 atom stereocenters. The van der Waals surface area contributed by atoms with Crippen molar-refractivity contribution in [3.05, 3.63) is 78.0 Å². The first-order chi connectivity index (χ1) is 19.2. The maximum absolute atomic E-state index is 12.5. The number of benzene rings is 1. The summed E-state index contributed by atoms with van der Waals surface area (Å²) in [5, 5.41) is 31.2. The predicted octanol–water partition coefficient (Wildman–Crippen LogP) is 3.44. The second-order valence-electron chi connectivity index (χ2n) is 8.80. The van der Waals surface area contributed by atoms with Crippen LogP contribution in [-0.2, 0) is 24.2 Å². The van der Waals surface area contributed by atoms with Gasteiger partial charge in [-0.15, -0.1) is 23.4 Å². The molecule has 0 aliphatic carbocycles. The first-order valence-corrected chi connectivity index (χ1v) is 12.4. The van der Waals surface area contributed by atoms with E-state index < -0.39 is 12.6 Å². The molecule has 3 heterocycles. The van der Waals surface area contributed by atoms with Crippen LogP contribution in [0, 0.1) is 0 Å². The molecule has 0 bridgehead atoms. The van der Waals surface area contributed by atoms with Crippen molar-refractivity contribution < 1.29 is 27.8 Å². The SMILES string of the molecule is CNC(O)c1cn(CCCCc2ccc(NC(=O)Cc3cc(-c4cccc(OC(F)(F)F)c4)ccn3)nn2)nn1. The molecule has 1 amide bonds. The number of aryl methyl sites for hydroxylation is 2. The minimum absolute atomic E-state index is 0.0641. The molecule has 4 rings (SSSR count). The molecule has 210 valence electrons. The van der Waals surface area contributed by atoms with Crippen molar-refractivity contribution in [3.63, 3.8) is 0 Å². The first-order valence-electron chi connectivity index (χ1n) is 12.4. The van der Waals surface area contributed by atoms with E-state index in [1.807, 2.05) is 0 Å². The van der Waals surface area contributed by atoms with Crippen molar-refractivity contribution >= 4 is 11.7 Å². The highest BCUT2D eigenvalue weighted by molar-refractivity contribution is 5.91. The number of unbranched alkanes of at least 4 members (excludes halogenated alkanes) is 1. The Morgan fingerprint density at radius 1 is 1.05 bits per heavy atom. The number of aliphatic hydroxyl groups excluding tert-OH is 1. The van der Waals surface area contributed by atoms with Crippen molar-refractivity contribution in [2.24, 2.45) is 0 Å². The van der Waals surface area contributed by atoms with E-state index in [4.69, 9.17) is 0 Å². The minimum atomic E-state index is -4.79. The van der Waals surface area contributed by atoms with Gasteiger partial charge in [-0.1, -0.05) is 17.3 Å². The number of hydrogen-bond acceptors (Lipinski definition) is 9. The zero-order valence-corrected chi connectivity index (χ0v) is 21.5. The smallest absolute Gasteiger partial charge is 0.406 e. The molecule has 0 aliphatic heterocycles. The average Bonchev–Trinajstić information content (AvgIpc) is 3.40. The largest absolute Gasteiger partial charge is 0.573 e. The molecule has 0 radical (unpaired) electrons. The number of halogens is 3. The molecule has 0 aliphatic rings. The highest BCUT2D eigenvalue weighted by Gasteiger charge is 2.31. The Bertz CT molecular complexity index is 1410. The molecule has 0 fully saturated rings. The van der Waals surface area contributed by atoms with Gasteiger partial charge in [0, 0.05) is 12.7 Å². The van der Waals surface area contributed by atoms with Crippen LogP contribution in [0.4, 0.5) is 19.0 Å². The van der Waals surface area contributed by atoms with Crippen LogP contribution in [0.3, 0.4) is 0 Å². The van der Waals surface area contributed by atoms with Crippen molar-refractivity contribution in [2.45, 2.75) is 44.8 Å². The molecule has 1 aromatic carbocycles. The van der Waals surface area contributed by atoms with Crippen molar-refractivity contribution in [3.8, 4) is 16.9 Å². The second kappa shape index (κ2) is 13.1. The Morgan fingerprint density at radius 2 is 1.88 bits per heavy atom. The van der Waals surface area contributed by atoms with Crippen LogP contribution in [0.15, 0.2) is 60.9 Å². The third-order valence-corrected chi connectivity index (χ3v) is 5.73. The molecular formula is C26H27F3N8O3. The standard InChI is InChI=1S/C26H27F3N8O3/c1-30-25(39)22-16-37(36-34-22)12-3-2-6-19-8-9-23(35-33-19)32-24(38)15-20-13-18(10-11-31-20)17-5-4-7-21(14-17)40-26(27,28)29/h4-5,7-11,13-14,16,25,30,39H,2-3,6,12,15H2,1H3,(H,32,35,38). The summed E-state index contributed by atoms with van der Waals surface area (Å²) in [7, 11) is 1.63. The molecule has 0 saturated carbocycles. The summed E-state index contributed by atoms with van der Waals surface area (Å²) in [5.74, 6) is -0.408. The molecule has 0 spiro atoms. The van der Waals surface area contributed by atoms with E-state index in [2.05, 4.69) is 40.9 Å². The molecule has 3 N–H and O–H groups in total. The van der Waals surface area contributed by atoms with E-state index in [-0.39, 0.29) is 18.1 Å². The lowest BCUT2D eigenvalue weighted by molar-refractivity contribution is -0.274. The second-order valence-corrected chi connectivity index (χ2v) is 8.80. The lowest BCUT2D eigenvalue weighted by Crippen LogP contribution is -2.17. The highest BCUT2D eigenvalue weighted by Crippen LogP contribution is 2.28. The number of amides is 1. The maximum Gasteiger partial charge on any atom is 0.573 e. The van der Waals surface area contributed by atoms with Crippen molar-refractivity contribution in [1.29, 1.82) is 0 Å². The number of rotatable bonds is 12. The lowest BCUT2D eigenvalue weighted by Gasteiger charge is -2.10. The van der Waals surface area contributed by atoms with E-state index in [0.29, 0.717) is 41.3 Å². The first kappa shape index (κ1) is 28.6. The quantitative estimate of drug-likeness (QED) is 0.177. The Hall–Kier alpha value is -4.43. The van der Waals surface area contributed by atoms with E-state index in [1.165, 1.54) is 24.4 Å². The number of hydrogen-bond donors (Lipinski definition) is 3. The van der Waals surface area contributed by atoms with Gasteiger partial charge in [0.25, 0.3) is 0 Å². The normalized spacial score (nSPS) is 12.2. The van der Waals surface area contributed by atoms with E-state index in [9.17, 15) is 23.1 Å². The summed E-state index contributed by atoms with van der Waals surface area (Å²) in [5.41, 5.74) is 2.75. The van der Waals surface area contributed by atoms with Gasteiger partial charge in [-0.2, -0.15) is 5.10 Å². The summed E-state index contributed by atoms with van der Waals surface area (Å²) in [6, 6.07) is 12.3. The molecule has 3 aromatic heterocycles. The zero-order chi connectivity index (χ0) is 28.5. The molecule has 40 heavy (non-hydrogen) atoms. The number of aliphatic hydroxyl groups is 1. The van der Waals surface area contributed by atoms with Gasteiger partial charge in [0.15, 0.2) is 12.0 Å². The van der Waals surface area contributed by atoms with Gasteiger partial charge in [0.1, 0.15) is 11.4 Å². The van der Waals surface area contributed by atoms with Gasteiger partial charge >= 0.3 is 6.36 Å². The van der Waals surface area contributed by atoms with Crippen LogP contribution in [0.5, 0.6) is 5.75 Å². The molecular weight excluding hydrogens is 529 g/mol. The Morgan fingerprint density at radius 3 is 2.62 bits per heavy atom. The number of ether oxygens (including phenoxy) is 1. The predicted molar refractivity (Wildman–Crippen MR) is 138 cm³/mol. The van der Waals surface area contributed by atoms with Crippen LogP contribution in [0.25, 0.3) is 11.1 Å². The van der Waals surface area contributed by atoms with Gasteiger partial charge < -0.3 is 15.2 Å². The third-order valence-electron chi connectivity index (χ3n) is 5.73. The average molecular weight is 557 g/mol. The molecule has 1 unspecified atom stereocenters. The number of carbonyl (C=O) groups excluding carboxylic acids is 1. The lowest BCUT2D eigenvalue weighted by atomic mass is 10.1. The monoisotopic (exact) mass is 556 g/mol. The zero-order valence-electron chi connectivity index (χ0n) is 21.5. The third kappa shape index (κ3) is 8.54. The van der Waals surface area contributed by atoms with Crippen LogP contribution >= 0.6 is 0 Å². The number of nitrogens with zero attached hydrogens (tertiary/aromatic N) is 6.